The Bertz CT molecular complexity index is 1960. The van der Waals surface area contributed by atoms with Crippen molar-refractivity contribution in [2.45, 2.75) is 354 Å². The van der Waals surface area contributed by atoms with Gasteiger partial charge in [0.25, 0.3) is 6.29 Å². The normalized spacial score (nSPS) is 13.3. The monoisotopic (exact) mass is 1310 g/mol. The fourth-order valence-corrected chi connectivity index (χ4v) is 11.0. The molecule has 0 spiro atoms. The van der Waals surface area contributed by atoms with Gasteiger partial charge in [-0.2, -0.15) is 0 Å². The molecule has 0 aliphatic carbocycles. The van der Waals surface area contributed by atoms with Crippen LogP contribution in [0.3, 0.4) is 0 Å². The molecule has 0 fully saturated rings. The van der Waals surface area contributed by atoms with Gasteiger partial charge in [0.15, 0.2) is 6.10 Å². The molecular weight excluding hydrogens is 1160 g/mol. The molecule has 0 rings (SSSR count). The van der Waals surface area contributed by atoms with Crippen LogP contribution in [0.4, 0.5) is 0 Å². The highest BCUT2D eigenvalue weighted by atomic mass is 16.7. The van der Waals surface area contributed by atoms with E-state index in [-0.39, 0.29) is 32.2 Å². The predicted octanol–water partition coefficient (Wildman–Crippen LogP) is 25.1. The number of nitrogens with zero attached hydrogens (tertiary/aromatic N) is 1. The van der Waals surface area contributed by atoms with Crippen LogP contribution in [0.1, 0.15) is 341 Å². The molecule has 0 aromatic rings. The summed E-state index contributed by atoms with van der Waals surface area (Å²) in [6.45, 7) is 4.74. The van der Waals surface area contributed by atoms with Gasteiger partial charge in [0, 0.05) is 12.8 Å². The lowest BCUT2D eigenvalue weighted by Crippen LogP contribution is -2.40. The number of ether oxygens (including phenoxy) is 4. The Balaban J connectivity index is 4.12. The maximum absolute atomic E-state index is 12.9. The van der Waals surface area contributed by atoms with Crippen molar-refractivity contribution in [3.05, 3.63) is 122 Å². The van der Waals surface area contributed by atoms with Gasteiger partial charge in [-0.25, -0.2) is 4.79 Å². The number of carbonyl (C=O) groups excluding carboxylic acids is 2. The first-order valence-electron chi connectivity index (χ1n) is 39.2. The number of unbranched alkanes of at least 4 members (excludes halogenated alkanes) is 37. The Labute approximate surface area is 580 Å². The molecule has 0 amide bonds. The van der Waals surface area contributed by atoms with Crippen molar-refractivity contribution in [3.8, 4) is 0 Å². The summed E-state index contributed by atoms with van der Waals surface area (Å²) in [5.74, 6) is -2.06. The van der Waals surface area contributed by atoms with Crippen molar-refractivity contribution in [1.82, 2.24) is 0 Å². The smallest absolute Gasteiger partial charge is 0.361 e. The van der Waals surface area contributed by atoms with Crippen molar-refractivity contribution in [2.75, 3.05) is 47.5 Å². The van der Waals surface area contributed by atoms with E-state index in [2.05, 4.69) is 135 Å². The highest BCUT2D eigenvalue weighted by Crippen LogP contribution is 2.19. The summed E-state index contributed by atoms with van der Waals surface area (Å²) in [5, 5.41) is 9.76. The molecule has 540 valence electrons. The van der Waals surface area contributed by atoms with Crippen LogP contribution in [-0.2, 0) is 33.3 Å². The zero-order valence-electron chi connectivity index (χ0n) is 61.8. The first-order valence-corrected chi connectivity index (χ1v) is 39.2. The predicted molar refractivity (Wildman–Crippen MR) is 405 cm³/mol. The molecule has 0 aliphatic heterocycles. The number of aliphatic carboxylic acids is 1. The summed E-state index contributed by atoms with van der Waals surface area (Å²) in [6, 6.07) is 0. The van der Waals surface area contributed by atoms with Gasteiger partial charge in [-0.1, -0.05) is 360 Å². The average molecular weight is 1310 g/mol. The van der Waals surface area contributed by atoms with E-state index in [1.54, 1.807) is 0 Å². The van der Waals surface area contributed by atoms with Crippen LogP contribution in [0.2, 0.25) is 0 Å². The number of allylic oxidation sites excluding steroid dienone is 20. The van der Waals surface area contributed by atoms with E-state index in [0.29, 0.717) is 23.9 Å². The maximum Gasteiger partial charge on any atom is 0.361 e. The third-order valence-corrected chi connectivity index (χ3v) is 17.0. The zero-order chi connectivity index (χ0) is 68.2. The molecule has 1 N–H and O–H groups in total. The number of carboxylic acids is 1. The standard InChI is InChI=1S/C85H147NO8/c1-6-8-10-12-14-16-18-20-22-24-26-28-30-32-34-36-38-40-41-42-44-45-47-49-51-53-55-57-59-61-63-65-67-69-71-73-75-82(87)92-79-81(80-93-85(84(89)90)91-78-77-86(3,4)5)94-83(88)76-74-72-70-68-66-64-62-60-58-56-54-52-50-48-46-43-39-37-35-33-31-29-27-25-23-21-19-17-15-13-11-9-7-2/h9,11,15,17,21,23,27,29,33,35,39,43,48,50,54,56,60,62,66,68,81,85H,6-8,10,12-14,16,18-20,22,24-26,28,30-32,34,36-38,40-42,44-47,49,51-53,55,57-59,61,63-65,67,69-80H2,1-5H3/p+1/b11-9-,17-15-,23-21-,29-27-,35-33-,43-39-,50-48-,56-54-,62-60-,68-66-. The fourth-order valence-electron chi connectivity index (χ4n) is 11.0. The molecular formula is C85H148NO8+. The molecule has 0 saturated carbocycles. The Hall–Kier alpha value is -4.31. The minimum Gasteiger partial charge on any atom is -0.477 e. The van der Waals surface area contributed by atoms with Gasteiger partial charge in [-0.3, -0.25) is 9.59 Å². The molecule has 2 unspecified atom stereocenters. The molecule has 94 heavy (non-hydrogen) atoms. The Morgan fingerprint density at radius 3 is 0.904 bits per heavy atom. The van der Waals surface area contributed by atoms with Gasteiger partial charge in [-0.15, -0.1) is 0 Å². The summed E-state index contributed by atoms with van der Waals surface area (Å²) >= 11 is 0. The van der Waals surface area contributed by atoms with Crippen molar-refractivity contribution in [1.29, 1.82) is 0 Å². The van der Waals surface area contributed by atoms with E-state index in [4.69, 9.17) is 18.9 Å². The number of likely N-dealkylation sites (N-methyl/N-ethyl adjacent to an activating group) is 1. The lowest BCUT2D eigenvalue weighted by atomic mass is 10.0. The molecule has 0 bridgehead atoms. The van der Waals surface area contributed by atoms with Crippen molar-refractivity contribution in [2.24, 2.45) is 0 Å². The van der Waals surface area contributed by atoms with Crippen LogP contribution in [0, 0.1) is 0 Å². The lowest BCUT2D eigenvalue weighted by molar-refractivity contribution is -0.870. The van der Waals surface area contributed by atoms with E-state index in [9.17, 15) is 19.5 Å². The average Bonchev–Trinajstić information content (AvgIpc) is 3.35. The van der Waals surface area contributed by atoms with E-state index in [0.717, 1.165) is 96.3 Å². The third kappa shape index (κ3) is 75.1. The van der Waals surface area contributed by atoms with Crippen LogP contribution >= 0.6 is 0 Å². The summed E-state index contributed by atoms with van der Waals surface area (Å²) in [6.07, 6.45) is 104. The Morgan fingerprint density at radius 1 is 0.330 bits per heavy atom. The van der Waals surface area contributed by atoms with Crippen molar-refractivity contribution in [3.63, 3.8) is 0 Å². The number of hydrogen-bond acceptors (Lipinski definition) is 7. The second-order valence-electron chi connectivity index (χ2n) is 27.3. The largest absolute Gasteiger partial charge is 0.477 e. The molecule has 0 heterocycles. The maximum atomic E-state index is 12.9. The van der Waals surface area contributed by atoms with Crippen LogP contribution < -0.4 is 0 Å². The molecule has 0 aromatic carbocycles. The summed E-state index contributed by atoms with van der Waals surface area (Å²) in [4.78, 5) is 37.7. The van der Waals surface area contributed by atoms with E-state index < -0.39 is 24.3 Å². The molecule has 0 radical (unpaired) electrons. The molecule has 0 aliphatic rings. The lowest BCUT2D eigenvalue weighted by Gasteiger charge is -2.25. The van der Waals surface area contributed by atoms with E-state index >= 15 is 0 Å². The molecule has 2 atom stereocenters. The van der Waals surface area contributed by atoms with Gasteiger partial charge < -0.3 is 28.5 Å². The summed E-state index contributed by atoms with van der Waals surface area (Å²) < 4.78 is 23.0. The van der Waals surface area contributed by atoms with Gasteiger partial charge in [0.2, 0.25) is 0 Å². The van der Waals surface area contributed by atoms with Crippen LogP contribution in [0.15, 0.2) is 122 Å². The SMILES string of the molecule is CC/C=C\C/C=C\C/C=C\C/C=C\C/C=C\C/C=C\C/C=C\C/C=C\C/C=C\C/C=C\CCCCC(=O)OC(COC(=O)CCCCCCCCCCCCCCCCCCCCCCCCCCCCCCCCCCCCCC)COC(OCC[N+](C)(C)C)C(=O)O. The number of esters is 2. The molecule has 0 saturated heterocycles. The van der Waals surface area contributed by atoms with Crippen LogP contribution in [0.5, 0.6) is 0 Å². The first kappa shape index (κ1) is 89.7. The van der Waals surface area contributed by atoms with E-state index in [1.807, 2.05) is 21.1 Å². The molecule has 9 heteroatoms. The topological polar surface area (TPSA) is 108 Å². The fraction of sp³-hybridized carbons (Fsp3) is 0.729. The van der Waals surface area contributed by atoms with Gasteiger partial charge >= 0.3 is 17.9 Å². The first-order chi connectivity index (χ1) is 46.1. The number of quaternary nitrogens is 1. The number of hydrogen-bond donors (Lipinski definition) is 1. The second kappa shape index (κ2) is 74.5. The number of carboxylic acid groups (broad SMARTS) is 1. The highest BCUT2D eigenvalue weighted by molar-refractivity contribution is 5.71. The van der Waals surface area contributed by atoms with Crippen LogP contribution in [-0.4, -0.2) is 87.4 Å². The number of rotatable bonds is 72. The summed E-state index contributed by atoms with van der Waals surface area (Å²) in [7, 11) is 5.96. The number of carbonyl (C=O) groups is 3. The Kier molecular flexibility index (Phi) is 71.1. The minimum atomic E-state index is -1.53. The zero-order valence-corrected chi connectivity index (χ0v) is 61.8. The van der Waals surface area contributed by atoms with Gasteiger partial charge in [0.1, 0.15) is 13.2 Å². The van der Waals surface area contributed by atoms with Crippen molar-refractivity contribution < 1.29 is 42.9 Å². The van der Waals surface area contributed by atoms with E-state index in [1.165, 1.54) is 212 Å². The van der Waals surface area contributed by atoms with Crippen LogP contribution in [0.25, 0.3) is 0 Å². The minimum absolute atomic E-state index is 0.174. The quantitative estimate of drug-likeness (QED) is 0.0211. The Morgan fingerprint density at radius 2 is 0.606 bits per heavy atom. The van der Waals surface area contributed by atoms with Gasteiger partial charge in [-0.05, 0) is 89.9 Å². The summed E-state index contributed by atoms with van der Waals surface area (Å²) in [5.41, 5.74) is 0. The third-order valence-electron chi connectivity index (χ3n) is 17.0. The molecule has 9 nitrogen and oxygen atoms in total. The molecule has 0 aromatic heterocycles. The highest BCUT2D eigenvalue weighted by Gasteiger charge is 2.25. The second-order valence-corrected chi connectivity index (χ2v) is 27.3. The van der Waals surface area contributed by atoms with Crippen molar-refractivity contribution >= 4 is 17.9 Å². The van der Waals surface area contributed by atoms with Gasteiger partial charge in [0.05, 0.1) is 34.4 Å².